The summed E-state index contributed by atoms with van der Waals surface area (Å²) in [5.41, 5.74) is 5.59. The maximum Gasteiger partial charge on any atom is 0.329 e. The lowest BCUT2D eigenvalue weighted by Crippen LogP contribution is -2.41. The second-order valence-electron chi connectivity index (χ2n) is 6.24. The summed E-state index contributed by atoms with van der Waals surface area (Å²) >= 11 is 12.4. The molecule has 0 fully saturated rings. The Kier molecular flexibility index (Phi) is 7.05. The molecule has 0 bridgehead atoms. The number of hydrazone groups is 1. The number of aryl methyl sites for hydroxylation is 1. The molecule has 27 heavy (non-hydrogen) atoms. The molecule has 6 nitrogen and oxygen atoms in total. The van der Waals surface area contributed by atoms with Gasteiger partial charge in [0, 0.05) is 28.0 Å². The average Bonchev–Trinajstić information content (AvgIpc) is 2.90. The predicted octanol–water partition coefficient (Wildman–Crippen LogP) is 3.77. The number of carbonyl (C=O) groups is 2. The van der Waals surface area contributed by atoms with Crippen molar-refractivity contribution in [3.63, 3.8) is 0 Å². The number of benzene rings is 1. The highest BCUT2D eigenvalue weighted by atomic mass is 35.5. The van der Waals surface area contributed by atoms with Crippen molar-refractivity contribution in [3.05, 3.63) is 51.3 Å². The van der Waals surface area contributed by atoms with E-state index in [1.165, 1.54) is 6.21 Å². The Balaban J connectivity index is 2.17. The zero-order valence-electron chi connectivity index (χ0n) is 15.6. The third kappa shape index (κ3) is 5.11. The molecule has 0 saturated heterocycles. The van der Waals surface area contributed by atoms with Crippen molar-refractivity contribution in [2.24, 2.45) is 5.10 Å². The topological polar surface area (TPSA) is 75.5 Å². The number of hydrogen-bond donors (Lipinski definition) is 2. The van der Waals surface area contributed by atoms with Gasteiger partial charge in [-0.05, 0) is 51.5 Å². The van der Waals surface area contributed by atoms with Crippen LogP contribution in [0.3, 0.4) is 0 Å². The molecule has 8 heteroatoms. The van der Waals surface area contributed by atoms with E-state index >= 15 is 0 Å². The van der Waals surface area contributed by atoms with E-state index in [2.05, 4.69) is 15.8 Å². The lowest BCUT2D eigenvalue weighted by Gasteiger charge is -2.12. The van der Waals surface area contributed by atoms with E-state index in [1.54, 1.807) is 18.2 Å². The highest BCUT2D eigenvalue weighted by Gasteiger charge is 2.15. The summed E-state index contributed by atoms with van der Waals surface area (Å²) in [5.74, 6) is -1.52. The van der Waals surface area contributed by atoms with Gasteiger partial charge in [-0.1, -0.05) is 30.1 Å². The van der Waals surface area contributed by atoms with Gasteiger partial charge in [-0.25, -0.2) is 5.43 Å². The summed E-state index contributed by atoms with van der Waals surface area (Å²) in [6.07, 6.45) is 2.23. The van der Waals surface area contributed by atoms with Crippen LogP contribution in [0, 0.1) is 13.8 Å². The minimum Gasteiger partial charge on any atom is -0.345 e. The fourth-order valence-corrected chi connectivity index (χ4v) is 2.92. The molecule has 144 valence electrons. The molecule has 1 heterocycles. The molecule has 0 spiro atoms. The molecule has 2 aromatic rings. The molecule has 0 aliphatic carbocycles. The quantitative estimate of drug-likeness (QED) is 0.448. The summed E-state index contributed by atoms with van der Waals surface area (Å²) in [7, 11) is 0. The van der Waals surface area contributed by atoms with Crippen LogP contribution < -0.4 is 10.7 Å². The van der Waals surface area contributed by atoms with Gasteiger partial charge >= 0.3 is 11.8 Å². The molecule has 0 aliphatic heterocycles. The van der Waals surface area contributed by atoms with Gasteiger partial charge < -0.3 is 9.88 Å². The van der Waals surface area contributed by atoms with Crippen molar-refractivity contribution in [3.8, 4) is 5.69 Å². The SMILES string of the molecule is CC[C@@H](C)NC(=O)C(=O)N/N=C\c1cc(C)n(-c2cc(Cl)ccc2Cl)c1C. The molecule has 2 amide bonds. The van der Waals surface area contributed by atoms with Gasteiger partial charge in [0.25, 0.3) is 0 Å². The second kappa shape index (κ2) is 9.06. The Bertz CT molecular complexity index is 890. The average molecular weight is 409 g/mol. The number of carbonyl (C=O) groups excluding carboxylic acids is 2. The van der Waals surface area contributed by atoms with E-state index in [0.29, 0.717) is 10.0 Å². The van der Waals surface area contributed by atoms with Crippen LogP contribution in [0.1, 0.15) is 37.2 Å². The maximum absolute atomic E-state index is 11.8. The summed E-state index contributed by atoms with van der Waals surface area (Å²) in [4.78, 5) is 23.5. The number of nitrogens with one attached hydrogen (secondary N) is 2. The van der Waals surface area contributed by atoms with E-state index in [4.69, 9.17) is 23.2 Å². The van der Waals surface area contributed by atoms with Crippen molar-refractivity contribution in [2.75, 3.05) is 0 Å². The van der Waals surface area contributed by atoms with E-state index in [-0.39, 0.29) is 6.04 Å². The van der Waals surface area contributed by atoms with Crippen LogP contribution in [-0.4, -0.2) is 28.6 Å². The van der Waals surface area contributed by atoms with Crippen molar-refractivity contribution in [2.45, 2.75) is 40.2 Å². The van der Waals surface area contributed by atoms with Crippen molar-refractivity contribution in [1.29, 1.82) is 0 Å². The lowest BCUT2D eigenvalue weighted by atomic mass is 10.2. The van der Waals surface area contributed by atoms with Crippen LogP contribution in [0.5, 0.6) is 0 Å². The van der Waals surface area contributed by atoms with Gasteiger partial charge in [0.2, 0.25) is 0 Å². The fourth-order valence-electron chi connectivity index (χ4n) is 2.55. The molecule has 0 aliphatic rings. The van der Waals surface area contributed by atoms with Gasteiger partial charge in [0.05, 0.1) is 16.9 Å². The lowest BCUT2D eigenvalue weighted by molar-refractivity contribution is -0.139. The molecule has 1 atom stereocenters. The monoisotopic (exact) mass is 408 g/mol. The van der Waals surface area contributed by atoms with E-state index < -0.39 is 11.8 Å². The van der Waals surface area contributed by atoms with Gasteiger partial charge in [-0.15, -0.1) is 0 Å². The number of rotatable bonds is 5. The molecule has 2 N–H and O–H groups in total. The van der Waals surface area contributed by atoms with E-state index in [9.17, 15) is 9.59 Å². The predicted molar refractivity (Wildman–Crippen MR) is 109 cm³/mol. The van der Waals surface area contributed by atoms with Gasteiger partial charge in [0.15, 0.2) is 0 Å². The summed E-state index contributed by atoms with van der Waals surface area (Å²) in [6.45, 7) is 7.58. The van der Waals surface area contributed by atoms with Crippen LogP contribution in [-0.2, 0) is 9.59 Å². The minimum atomic E-state index is -0.807. The first-order chi connectivity index (χ1) is 12.7. The maximum atomic E-state index is 11.8. The third-order valence-corrected chi connectivity index (χ3v) is 4.74. The minimum absolute atomic E-state index is 0.0754. The number of amides is 2. The summed E-state index contributed by atoms with van der Waals surface area (Å²) in [6, 6.07) is 7.08. The Morgan fingerprint density at radius 3 is 2.59 bits per heavy atom. The summed E-state index contributed by atoms with van der Waals surface area (Å²) < 4.78 is 1.95. The van der Waals surface area contributed by atoms with Gasteiger partial charge in [-0.3, -0.25) is 9.59 Å². The number of nitrogens with zero attached hydrogens (tertiary/aromatic N) is 2. The molecule has 0 unspecified atom stereocenters. The number of halogens is 2. The molecule has 2 rings (SSSR count). The molecular weight excluding hydrogens is 387 g/mol. The first-order valence-corrected chi connectivity index (χ1v) is 9.28. The van der Waals surface area contributed by atoms with Gasteiger partial charge in [-0.2, -0.15) is 5.10 Å². The van der Waals surface area contributed by atoms with Crippen molar-refractivity contribution in [1.82, 2.24) is 15.3 Å². The van der Waals surface area contributed by atoms with Crippen LogP contribution in [0.4, 0.5) is 0 Å². The van der Waals surface area contributed by atoms with E-state index in [1.807, 2.05) is 38.3 Å². The molecule has 0 saturated carbocycles. The highest BCUT2D eigenvalue weighted by molar-refractivity contribution is 6.35. The number of hydrogen-bond acceptors (Lipinski definition) is 3. The fraction of sp³-hybridized carbons (Fsp3) is 0.316. The Morgan fingerprint density at radius 1 is 1.22 bits per heavy atom. The largest absolute Gasteiger partial charge is 0.345 e. The number of aromatic nitrogens is 1. The van der Waals surface area contributed by atoms with Crippen molar-refractivity contribution < 1.29 is 9.59 Å². The second-order valence-corrected chi connectivity index (χ2v) is 7.08. The smallest absolute Gasteiger partial charge is 0.329 e. The molecule has 1 aromatic carbocycles. The molecule has 1 aromatic heterocycles. The first kappa shape index (κ1) is 21.0. The zero-order valence-corrected chi connectivity index (χ0v) is 17.1. The Labute approximate surface area is 168 Å². The van der Waals surface area contributed by atoms with Crippen LogP contribution in [0.25, 0.3) is 5.69 Å². The Morgan fingerprint density at radius 2 is 1.93 bits per heavy atom. The normalized spacial score (nSPS) is 12.2. The van der Waals surface area contributed by atoms with Crippen LogP contribution in [0.15, 0.2) is 29.4 Å². The molecule has 0 radical (unpaired) electrons. The zero-order chi connectivity index (χ0) is 20.1. The van der Waals surface area contributed by atoms with E-state index in [0.717, 1.165) is 29.1 Å². The van der Waals surface area contributed by atoms with Crippen LogP contribution in [0.2, 0.25) is 10.0 Å². The first-order valence-electron chi connectivity index (χ1n) is 8.52. The third-order valence-electron chi connectivity index (χ3n) is 4.19. The highest BCUT2D eigenvalue weighted by Crippen LogP contribution is 2.28. The Hall–Kier alpha value is -2.31. The van der Waals surface area contributed by atoms with Gasteiger partial charge in [0.1, 0.15) is 0 Å². The standard InChI is InChI=1S/C19H22Cl2N4O2/c1-5-11(2)23-18(26)19(27)24-22-10-14-8-12(3)25(13(14)4)17-9-15(20)6-7-16(17)21/h6-11H,5H2,1-4H3,(H,23,26)(H,24,27)/b22-10-/t11-/m1/s1. The summed E-state index contributed by atoms with van der Waals surface area (Å²) in [5, 5.41) is 7.62. The van der Waals surface area contributed by atoms with Crippen LogP contribution >= 0.6 is 23.2 Å². The molecular formula is C19H22Cl2N4O2. The van der Waals surface area contributed by atoms with Crippen molar-refractivity contribution >= 4 is 41.2 Å².